The first-order valence-electron chi connectivity index (χ1n) is 6.13. The normalized spacial score (nSPS) is 10.3. The Balaban J connectivity index is 2.26. The first-order chi connectivity index (χ1) is 9.92. The topological polar surface area (TPSA) is 64.3 Å². The molecule has 0 aliphatic carbocycles. The summed E-state index contributed by atoms with van der Waals surface area (Å²) in [5.74, 6) is 0.453. The van der Waals surface area contributed by atoms with E-state index in [9.17, 15) is 4.79 Å². The third-order valence-electron chi connectivity index (χ3n) is 3.02. The van der Waals surface area contributed by atoms with Crippen LogP contribution >= 0.6 is 31.9 Å². The maximum Gasteiger partial charge on any atom is 0.255 e. The molecule has 0 radical (unpaired) electrons. The Morgan fingerprint density at radius 3 is 2.52 bits per heavy atom. The summed E-state index contributed by atoms with van der Waals surface area (Å²) < 4.78 is 6.65. The number of aryl methyl sites for hydroxylation is 1. The van der Waals surface area contributed by atoms with E-state index in [4.69, 9.17) is 10.5 Å². The molecule has 0 aliphatic heterocycles. The second-order valence-corrected chi connectivity index (χ2v) is 6.20. The molecule has 0 saturated carbocycles. The zero-order valence-corrected chi connectivity index (χ0v) is 14.7. The summed E-state index contributed by atoms with van der Waals surface area (Å²) >= 11 is 6.78. The number of hydrogen-bond acceptors (Lipinski definition) is 3. The van der Waals surface area contributed by atoms with E-state index in [0.717, 1.165) is 14.5 Å². The van der Waals surface area contributed by atoms with Gasteiger partial charge in [-0.3, -0.25) is 4.79 Å². The van der Waals surface area contributed by atoms with Crippen molar-refractivity contribution < 1.29 is 9.53 Å². The Hall–Kier alpha value is -1.53. The van der Waals surface area contributed by atoms with E-state index in [0.29, 0.717) is 22.7 Å². The van der Waals surface area contributed by atoms with Crippen LogP contribution in [-0.2, 0) is 0 Å². The molecule has 6 heteroatoms. The highest BCUT2D eigenvalue weighted by Gasteiger charge is 2.11. The highest BCUT2D eigenvalue weighted by Crippen LogP contribution is 2.29. The number of methoxy groups -OCH3 is 1. The van der Waals surface area contributed by atoms with Gasteiger partial charge >= 0.3 is 0 Å². The van der Waals surface area contributed by atoms with Crippen LogP contribution in [0.5, 0.6) is 5.75 Å². The fraction of sp³-hybridized carbons (Fsp3) is 0.133. The lowest BCUT2D eigenvalue weighted by molar-refractivity contribution is 0.102. The van der Waals surface area contributed by atoms with Crippen LogP contribution in [0.25, 0.3) is 0 Å². The minimum absolute atomic E-state index is 0.220. The van der Waals surface area contributed by atoms with E-state index in [1.54, 1.807) is 31.4 Å². The van der Waals surface area contributed by atoms with Gasteiger partial charge in [0.05, 0.1) is 17.3 Å². The van der Waals surface area contributed by atoms with Crippen LogP contribution in [-0.4, -0.2) is 13.0 Å². The molecule has 21 heavy (non-hydrogen) atoms. The third-order valence-corrected chi connectivity index (χ3v) is 4.29. The number of anilines is 2. The molecule has 1 amide bonds. The second-order valence-electron chi connectivity index (χ2n) is 4.49. The number of amides is 1. The molecule has 0 unspecified atom stereocenters. The smallest absolute Gasteiger partial charge is 0.255 e. The van der Waals surface area contributed by atoms with E-state index in [2.05, 4.69) is 37.2 Å². The van der Waals surface area contributed by atoms with Crippen molar-refractivity contribution in [2.24, 2.45) is 0 Å². The van der Waals surface area contributed by atoms with E-state index >= 15 is 0 Å². The SMILES string of the molecule is COc1ccc(C(=O)Nc2cc(N)c(C)cc2Br)cc1Br. The predicted octanol–water partition coefficient (Wildman–Crippen LogP) is 4.36. The number of hydrogen-bond donors (Lipinski definition) is 2. The van der Waals surface area contributed by atoms with Gasteiger partial charge in [0, 0.05) is 15.7 Å². The molecule has 0 fully saturated rings. The van der Waals surface area contributed by atoms with Gasteiger partial charge in [0.1, 0.15) is 5.75 Å². The van der Waals surface area contributed by atoms with Gasteiger partial charge in [-0.15, -0.1) is 0 Å². The quantitative estimate of drug-likeness (QED) is 0.734. The van der Waals surface area contributed by atoms with Gasteiger partial charge in [-0.25, -0.2) is 0 Å². The summed E-state index contributed by atoms with van der Waals surface area (Å²) in [6.45, 7) is 1.91. The summed E-state index contributed by atoms with van der Waals surface area (Å²) in [5, 5.41) is 2.83. The Kier molecular flexibility index (Phi) is 4.90. The molecule has 0 aromatic heterocycles. The number of benzene rings is 2. The Morgan fingerprint density at radius 1 is 1.19 bits per heavy atom. The van der Waals surface area contributed by atoms with Gasteiger partial charge in [0.25, 0.3) is 5.91 Å². The highest BCUT2D eigenvalue weighted by atomic mass is 79.9. The predicted molar refractivity (Wildman–Crippen MR) is 91.9 cm³/mol. The molecule has 3 N–H and O–H groups in total. The molecule has 4 nitrogen and oxygen atoms in total. The van der Waals surface area contributed by atoms with Gasteiger partial charge in [-0.2, -0.15) is 0 Å². The lowest BCUT2D eigenvalue weighted by atomic mass is 10.1. The summed E-state index contributed by atoms with van der Waals surface area (Å²) in [6.07, 6.45) is 0. The second kappa shape index (κ2) is 6.49. The van der Waals surface area contributed by atoms with Crippen LogP contribution in [0, 0.1) is 6.92 Å². The van der Waals surface area contributed by atoms with Crippen LogP contribution in [0.3, 0.4) is 0 Å². The van der Waals surface area contributed by atoms with Crippen molar-refractivity contribution in [3.63, 3.8) is 0 Å². The molecular weight excluding hydrogens is 400 g/mol. The minimum Gasteiger partial charge on any atom is -0.496 e. The number of nitrogens with one attached hydrogen (secondary N) is 1. The van der Waals surface area contributed by atoms with Crippen LogP contribution in [0.15, 0.2) is 39.3 Å². The summed E-state index contributed by atoms with van der Waals surface area (Å²) in [6, 6.07) is 8.74. The first-order valence-corrected chi connectivity index (χ1v) is 7.71. The lowest BCUT2D eigenvalue weighted by Crippen LogP contribution is -2.12. The number of carbonyl (C=O) groups is 1. The summed E-state index contributed by atoms with van der Waals surface area (Å²) in [4.78, 5) is 12.3. The molecule has 2 aromatic carbocycles. The fourth-order valence-electron chi connectivity index (χ4n) is 1.79. The van der Waals surface area contributed by atoms with Crippen LogP contribution in [0.1, 0.15) is 15.9 Å². The van der Waals surface area contributed by atoms with Crippen molar-refractivity contribution in [1.29, 1.82) is 0 Å². The number of nitrogen functional groups attached to an aromatic ring is 1. The molecule has 2 aromatic rings. The maximum atomic E-state index is 12.3. The molecule has 110 valence electrons. The molecule has 0 saturated heterocycles. The largest absolute Gasteiger partial charge is 0.496 e. The summed E-state index contributed by atoms with van der Waals surface area (Å²) in [5.41, 5.74) is 8.61. The van der Waals surface area contributed by atoms with Crippen molar-refractivity contribution in [1.82, 2.24) is 0 Å². The van der Waals surface area contributed by atoms with Gasteiger partial charge < -0.3 is 15.8 Å². The molecule has 0 spiro atoms. The van der Waals surface area contributed by atoms with Crippen molar-refractivity contribution in [3.05, 3.63) is 50.4 Å². The maximum absolute atomic E-state index is 12.3. The number of rotatable bonds is 3. The Labute approximate surface area is 139 Å². The lowest BCUT2D eigenvalue weighted by Gasteiger charge is -2.11. The zero-order chi connectivity index (χ0) is 15.6. The van der Waals surface area contributed by atoms with Crippen LogP contribution in [0.4, 0.5) is 11.4 Å². The molecule has 0 atom stereocenters. The molecule has 0 aliphatic rings. The van der Waals surface area contributed by atoms with E-state index in [-0.39, 0.29) is 5.91 Å². The van der Waals surface area contributed by atoms with Gasteiger partial charge in [-0.1, -0.05) is 0 Å². The molecule has 0 heterocycles. The average Bonchev–Trinajstić information content (AvgIpc) is 2.44. The Morgan fingerprint density at radius 2 is 1.90 bits per heavy atom. The van der Waals surface area contributed by atoms with E-state index < -0.39 is 0 Å². The van der Waals surface area contributed by atoms with Crippen LogP contribution < -0.4 is 15.8 Å². The van der Waals surface area contributed by atoms with Gasteiger partial charge in [-0.05, 0) is 74.7 Å². The number of halogens is 2. The van der Waals surface area contributed by atoms with Crippen LogP contribution in [0.2, 0.25) is 0 Å². The standard InChI is InChI=1S/C15H14Br2N2O2/c1-8-5-10(16)13(7-12(8)18)19-15(20)9-3-4-14(21-2)11(17)6-9/h3-7H,18H2,1-2H3,(H,19,20). The van der Waals surface area contributed by atoms with Gasteiger partial charge in [0.15, 0.2) is 0 Å². The van der Waals surface area contributed by atoms with Gasteiger partial charge in [0.2, 0.25) is 0 Å². The molecular formula is C15H14Br2N2O2. The van der Waals surface area contributed by atoms with E-state index in [1.807, 2.05) is 13.0 Å². The number of nitrogens with two attached hydrogens (primary N) is 1. The van der Waals surface area contributed by atoms with Crippen molar-refractivity contribution in [3.8, 4) is 5.75 Å². The van der Waals surface area contributed by atoms with Crippen molar-refractivity contribution >= 4 is 49.1 Å². The number of ether oxygens (including phenoxy) is 1. The Bertz CT molecular complexity index is 702. The minimum atomic E-state index is -0.220. The average molecular weight is 414 g/mol. The molecule has 0 bridgehead atoms. The van der Waals surface area contributed by atoms with E-state index in [1.165, 1.54) is 0 Å². The summed E-state index contributed by atoms with van der Waals surface area (Å²) in [7, 11) is 1.58. The number of carbonyl (C=O) groups excluding carboxylic acids is 1. The molecule has 2 rings (SSSR count). The fourth-order valence-corrected chi connectivity index (χ4v) is 2.88. The highest BCUT2D eigenvalue weighted by molar-refractivity contribution is 9.11. The first kappa shape index (κ1) is 15.9. The third kappa shape index (κ3) is 3.57. The van der Waals surface area contributed by atoms with Crippen molar-refractivity contribution in [2.45, 2.75) is 6.92 Å². The zero-order valence-electron chi connectivity index (χ0n) is 11.5. The monoisotopic (exact) mass is 412 g/mol. The van der Waals surface area contributed by atoms with Crippen molar-refractivity contribution in [2.75, 3.05) is 18.2 Å².